The Morgan fingerprint density at radius 1 is 1.53 bits per heavy atom. The molecular weight excluding hydrogens is 214 g/mol. The molecule has 1 amide bonds. The van der Waals surface area contributed by atoms with Gasteiger partial charge >= 0.3 is 0 Å². The molecule has 2 heterocycles. The van der Waals surface area contributed by atoms with Gasteiger partial charge in [0.15, 0.2) is 0 Å². The van der Waals surface area contributed by atoms with Gasteiger partial charge in [0, 0.05) is 18.6 Å². The Labute approximate surface area is 91.8 Å². The van der Waals surface area contributed by atoms with E-state index in [4.69, 9.17) is 11.6 Å². The smallest absolute Gasteiger partial charge is 0.255 e. The zero-order valence-corrected chi connectivity index (χ0v) is 8.74. The highest BCUT2D eigenvalue weighted by Crippen LogP contribution is 2.09. The number of amides is 1. The second-order valence-electron chi connectivity index (χ2n) is 3.03. The molecule has 0 aliphatic heterocycles. The van der Waals surface area contributed by atoms with Crippen molar-refractivity contribution in [1.82, 2.24) is 14.9 Å². The first-order chi connectivity index (χ1) is 7.33. The number of rotatable bonds is 3. The molecular formula is C10H10ClN3O. The van der Waals surface area contributed by atoms with Crippen LogP contribution in [-0.4, -0.2) is 27.9 Å². The van der Waals surface area contributed by atoms with Crippen molar-refractivity contribution in [3.63, 3.8) is 0 Å². The van der Waals surface area contributed by atoms with E-state index in [-0.39, 0.29) is 5.91 Å². The van der Waals surface area contributed by atoms with Gasteiger partial charge in [0.25, 0.3) is 5.91 Å². The Bertz CT molecular complexity index is 480. The fourth-order valence-corrected chi connectivity index (χ4v) is 1.46. The van der Waals surface area contributed by atoms with Gasteiger partial charge < -0.3 is 5.32 Å². The Balaban J connectivity index is 2.31. The largest absolute Gasteiger partial charge is 0.351 e. The summed E-state index contributed by atoms with van der Waals surface area (Å²) in [5.41, 5.74) is 1.37. The lowest BCUT2D eigenvalue weighted by atomic mass is 10.2. The standard InChI is InChI=1S/C10H10ClN3O/c11-4-5-12-10(15)8-7-13-14-6-2-1-3-9(8)14/h1-3,6-7H,4-5H2,(H,12,15). The van der Waals surface area contributed by atoms with Gasteiger partial charge in [0.1, 0.15) is 0 Å². The third kappa shape index (κ3) is 1.94. The number of nitrogens with one attached hydrogen (secondary N) is 1. The number of hydrogen-bond donors (Lipinski definition) is 1. The zero-order valence-electron chi connectivity index (χ0n) is 7.98. The molecule has 2 aromatic heterocycles. The molecule has 15 heavy (non-hydrogen) atoms. The first-order valence-corrected chi connectivity index (χ1v) is 5.13. The number of pyridine rings is 1. The van der Waals surface area contributed by atoms with Gasteiger partial charge in [-0.2, -0.15) is 5.10 Å². The Morgan fingerprint density at radius 3 is 3.20 bits per heavy atom. The van der Waals surface area contributed by atoms with E-state index in [1.165, 1.54) is 0 Å². The molecule has 0 aromatic carbocycles. The van der Waals surface area contributed by atoms with Gasteiger partial charge in [-0.05, 0) is 12.1 Å². The second kappa shape index (κ2) is 4.31. The fraction of sp³-hybridized carbons (Fsp3) is 0.200. The molecule has 0 saturated heterocycles. The molecule has 78 valence electrons. The number of nitrogens with zero attached hydrogens (tertiary/aromatic N) is 2. The van der Waals surface area contributed by atoms with Crippen molar-refractivity contribution in [2.24, 2.45) is 0 Å². The van der Waals surface area contributed by atoms with Crippen LogP contribution in [0.3, 0.4) is 0 Å². The Morgan fingerprint density at radius 2 is 2.40 bits per heavy atom. The van der Waals surface area contributed by atoms with E-state index in [1.807, 2.05) is 18.2 Å². The first kappa shape index (κ1) is 9.98. The van der Waals surface area contributed by atoms with E-state index in [2.05, 4.69) is 10.4 Å². The maximum Gasteiger partial charge on any atom is 0.255 e. The molecule has 5 heteroatoms. The minimum atomic E-state index is -0.142. The van der Waals surface area contributed by atoms with Crippen molar-refractivity contribution in [2.75, 3.05) is 12.4 Å². The zero-order chi connectivity index (χ0) is 10.7. The van der Waals surface area contributed by atoms with Crippen LogP contribution >= 0.6 is 11.6 Å². The Kier molecular flexibility index (Phi) is 2.87. The van der Waals surface area contributed by atoms with Crippen molar-refractivity contribution in [3.05, 3.63) is 36.2 Å². The van der Waals surface area contributed by atoms with Crippen LogP contribution in [0.25, 0.3) is 5.52 Å². The third-order valence-electron chi connectivity index (χ3n) is 2.05. The maximum absolute atomic E-state index is 11.7. The van der Waals surface area contributed by atoms with Crippen LogP contribution in [0.15, 0.2) is 30.6 Å². The van der Waals surface area contributed by atoms with Gasteiger partial charge in [-0.3, -0.25) is 4.79 Å². The lowest BCUT2D eigenvalue weighted by Gasteiger charge is -2.00. The van der Waals surface area contributed by atoms with Gasteiger partial charge in [-0.15, -0.1) is 11.6 Å². The van der Waals surface area contributed by atoms with Crippen LogP contribution in [0, 0.1) is 0 Å². The summed E-state index contributed by atoms with van der Waals surface area (Å²) in [6.45, 7) is 0.463. The van der Waals surface area contributed by atoms with Gasteiger partial charge in [0.2, 0.25) is 0 Å². The summed E-state index contributed by atoms with van der Waals surface area (Å²) in [6, 6.07) is 5.58. The predicted molar refractivity (Wildman–Crippen MR) is 58.2 cm³/mol. The van der Waals surface area contributed by atoms with E-state index in [9.17, 15) is 4.79 Å². The molecule has 0 saturated carbocycles. The summed E-state index contributed by atoms with van der Waals surface area (Å²) in [4.78, 5) is 11.7. The summed E-state index contributed by atoms with van der Waals surface area (Å²) in [5, 5.41) is 6.77. The van der Waals surface area contributed by atoms with Crippen molar-refractivity contribution < 1.29 is 4.79 Å². The van der Waals surface area contributed by atoms with Gasteiger partial charge in [0.05, 0.1) is 17.3 Å². The highest BCUT2D eigenvalue weighted by atomic mass is 35.5. The quantitative estimate of drug-likeness (QED) is 0.798. The number of carbonyl (C=O) groups is 1. The van der Waals surface area contributed by atoms with Gasteiger partial charge in [-0.25, -0.2) is 4.52 Å². The highest BCUT2D eigenvalue weighted by molar-refractivity contribution is 6.18. The van der Waals surface area contributed by atoms with Crippen LogP contribution in [0.4, 0.5) is 0 Å². The van der Waals surface area contributed by atoms with Crippen LogP contribution in [0.2, 0.25) is 0 Å². The van der Waals surface area contributed by atoms with Crippen molar-refractivity contribution in [2.45, 2.75) is 0 Å². The number of fused-ring (bicyclic) bond motifs is 1. The number of carbonyl (C=O) groups excluding carboxylic acids is 1. The molecule has 4 nitrogen and oxygen atoms in total. The van der Waals surface area contributed by atoms with E-state index in [0.717, 1.165) is 5.52 Å². The first-order valence-electron chi connectivity index (χ1n) is 4.59. The maximum atomic E-state index is 11.7. The molecule has 0 radical (unpaired) electrons. The summed E-state index contributed by atoms with van der Waals surface area (Å²) in [7, 11) is 0. The molecule has 0 fully saturated rings. The van der Waals surface area contributed by atoms with Crippen LogP contribution in [-0.2, 0) is 0 Å². The Hall–Kier alpha value is -1.55. The van der Waals surface area contributed by atoms with Crippen LogP contribution < -0.4 is 5.32 Å². The van der Waals surface area contributed by atoms with Crippen molar-refractivity contribution in [3.8, 4) is 0 Å². The molecule has 1 N–H and O–H groups in total. The molecule has 0 aliphatic carbocycles. The fourth-order valence-electron chi connectivity index (χ4n) is 1.37. The minimum Gasteiger partial charge on any atom is -0.351 e. The monoisotopic (exact) mass is 223 g/mol. The summed E-state index contributed by atoms with van der Waals surface area (Å²) >= 11 is 5.49. The number of halogens is 1. The van der Waals surface area contributed by atoms with Gasteiger partial charge in [-0.1, -0.05) is 6.07 Å². The summed E-state index contributed by atoms with van der Waals surface area (Å²) < 4.78 is 1.66. The average Bonchev–Trinajstić information content (AvgIpc) is 2.69. The average molecular weight is 224 g/mol. The highest BCUT2D eigenvalue weighted by Gasteiger charge is 2.10. The lowest BCUT2D eigenvalue weighted by Crippen LogP contribution is -2.25. The number of hydrogen-bond acceptors (Lipinski definition) is 2. The minimum absolute atomic E-state index is 0.142. The third-order valence-corrected chi connectivity index (χ3v) is 2.24. The molecule has 0 aliphatic rings. The number of aromatic nitrogens is 2. The van der Waals surface area contributed by atoms with E-state index in [1.54, 1.807) is 16.9 Å². The van der Waals surface area contributed by atoms with Crippen molar-refractivity contribution >= 4 is 23.0 Å². The van der Waals surface area contributed by atoms with E-state index < -0.39 is 0 Å². The molecule has 0 unspecified atom stereocenters. The summed E-state index contributed by atoms with van der Waals surface area (Å²) in [5.74, 6) is 0.266. The lowest BCUT2D eigenvalue weighted by molar-refractivity contribution is 0.0957. The van der Waals surface area contributed by atoms with E-state index >= 15 is 0 Å². The van der Waals surface area contributed by atoms with Crippen molar-refractivity contribution in [1.29, 1.82) is 0 Å². The molecule has 0 atom stereocenters. The summed E-state index contributed by atoms with van der Waals surface area (Å²) in [6.07, 6.45) is 3.35. The van der Waals surface area contributed by atoms with Crippen LogP contribution in [0.1, 0.15) is 10.4 Å². The molecule has 2 rings (SSSR count). The molecule has 0 spiro atoms. The topological polar surface area (TPSA) is 46.4 Å². The molecule has 2 aromatic rings. The normalized spacial score (nSPS) is 10.5. The number of alkyl halides is 1. The SMILES string of the molecule is O=C(NCCCl)c1cnn2ccccc12. The predicted octanol–water partition coefficient (Wildman–Crippen LogP) is 1.30. The second-order valence-corrected chi connectivity index (χ2v) is 3.41. The van der Waals surface area contributed by atoms with Crippen LogP contribution in [0.5, 0.6) is 0 Å². The molecule has 0 bridgehead atoms. The van der Waals surface area contributed by atoms with E-state index in [0.29, 0.717) is 18.0 Å².